The van der Waals surface area contributed by atoms with Crippen molar-refractivity contribution in [2.24, 2.45) is 5.73 Å². The van der Waals surface area contributed by atoms with Gasteiger partial charge in [0, 0.05) is 26.7 Å². The molecule has 0 amide bonds. The van der Waals surface area contributed by atoms with Crippen LogP contribution in [0.5, 0.6) is 0 Å². The van der Waals surface area contributed by atoms with E-state index >= 15 is 0 Å². The fraction of sp³-hybridized carbons (Fsp3) is 0.571. The molecule has 0 aliphatic rings. The molecule has 1 aromatic rings. The number of nitrogens with zero attached hydrogens (tertiary/aromatic N) is 2. The third kappa shape index (κ3) is 3.79. The summed E-state index contributed by atoms with van der Waals surface area (Å²) in [6, 6.07) is 3.62. The molecule has 0 unspecified atom stereocenters. The van der Waals surface area contributed by atoms with Crippen molar-refractivity contribution < 1.29 is 8.42 Å². The van der Waals surface area contributed by atoms with E-state index < -0.39 is 10.0 Å². The summed E-state index contributed by atoms with van der Waals surface area (Å²) in [5.74, 6) is 0. The van der Waals surface area contributed by atoms with Crippen molar-refractivity contribution >= 4 is 10.0 Å². The Morgan fingerprint density at radius 3 is 2.20 bits per heavy atom. The van der Waals surface area contributed by atoms with E-state index in [1.54, 1.807) is 13.1 Å². The normalized spacial score (nSPS) is 12.4. The highest BCUT2D eigenvalue weighted by molar-refractivity contribution is 7.89. The highest BCUT2D eigenvalue weighted by Gasteiger charge is 2.23. The van der Waals surface area contributed by atoms with Crippen LogP contribution in [0.4, 0.5) is 0 Å². The van der Waals surface area contributed by atoms with E-state index in [0.29, 0.717) is 24.5 Å². The molecule has 2 N–H and O–H groups in total. The standard InChI is InChI=1S/C14H25N3O2S/c1-11-8-13(10-15)9-14(12(11)2)20(18,19)17(5)7-6-16(3)4/h8-9H,6-7,10,15H2,1-5H3. The first-order valence-corrected chi connectivity index (χ1v) is 8.05. The maximum atomic E-state index is 12.7. The van der Waals surface area contributed by atoms with E-state index in [-0.39, 0.29) is 0 Å². The van der Waals surface area contributed by atoms with E-state index in [1.165, 1.54) is 4.31 Å². The summed E-state index contributed by atoms with van der Waals surface area (Å²) in [6.45, 7) is 5.23. The Labute approximate surface area is 122 Å². The Bertz CT molecular complexity index is 568. The maximum absolute atomic E-state index is 12.7. The molecular formula is C14H25N3O2S. The highest BCUT2D eigenvalue weighted by Crippen LogP contribution is 2.23. The second-order valence-corrected chi connectivity index (χ2v) is 7.38. The van der Waals surface area contributed by atoms with Crippen molar-refractivity contribution in [2.75, 3.05) is 34.2 Å². The molecule has 0 saturated carbocycles. The van der Waals surface area contributed by atoms with Gasteiger partial charge in [-0.15, -0.1) is 0 Å². The van der Waals surface area contributed by atoms with Gasteiger partial charge in [-0.2, -0.15) is 4.31 Å². The minimum Gasteiger partial charge on any atom is -0.326 e. The minimum absolute atomic E-state index is 0.338. The van der Waals surface area contributed by atoms with Crippen LogP contribution >= 0.6 is 0 Å². The van der Waals surface area contributed by atoms with Crippen molar-refractivity contribution in [3.05, 3.63) is 28.8 Å². The Balaban J connectivity index is 3.18. The van der Waals surface area contributed by atoms with Crippen molar-refractivity contribution in [3.63, 3.8) is 0 Å². The topological polar surface area (TPSA) is 66.6 Å². The molecule has 1 rings (SSSR count). The lowest BCUT2D eigenvalue weighted by Crippen LogP contribution is -2.34. The molecule has 0 saturated heterocycles. The van der Waals surface area contributed by atoms with Crippen LogP contribution in [0.1, 0.15) is 16.7 Å². The Kier molecular flexibility index (Phi) is 5.70. The highest BCUT2D eigenvalue weighted by atomic mass is 32.2. The number of hydrogen-bond acceptors (Lipinski definition) is 4. The van der Waals surface area contributed by atoms with Crippen LogP contribution in [-0.4, -0.2) is 51.9 Å². The van der Waals surface area contributed by atoms with E-state index in [2.05, 4.69) is 0 Å². The van der Waals surface area contributed by atoms with Crippen LogP contribution in [-0.2, 0) is 16.6 Å². The predicted molar refractivity (Wildman–Crippen MR) is 82.2 cm³/mol. The average molecular weight is 299 g/mol. The summed E-state index contributed by atoms with van der Waals surface area (Å²) in [6.07, 6.45) is 0. The van der Waals surface area contributed by atoms with Crippen LogP contribution in [0, 0.1) is 13.8 Å². The third-order valence-electron chi connectivity index (χ3n) is 3.47. The van der Waals surface area contributed by atoms with Crippen molar-refractivity contribution in [2.45, 2.75) is 25.3 Å². The van der Waals surface area contributed by atoms with E-state index in [9.17, 15) is 8.42 Å². The van der Waals surface area contributed by atoms with Gasteiger partial charge in [-0.05, 0) is 50.7 Å². The molecule has 0 heterocycles. The van der Waals surface area contributed by atoms with Crippen molar-refractivity contribution in [1.29, 1.82) is 0 Å². The molecule has 0 aliphatic carbocycles. The first kappa shape index (κ1) is 17.1. The summed E-state index contributed by atoms with van der Waals surface area (Å²) in [5.41, 5.74) is 8.22. The van der Waals surface area contributed by atoms with Crippen molar-refractivity contribution in [3.8, 4) is 0 Å². The molecule has 20 heavy (non-hydrogen) atoms. The molecule has 0 aliphatic heterocycles. The fourth-order valence-electron chi connectivity index (χ4n) is 1.91. The molecule has 0 atom stereocenters. The van der Waals surface area contributed by atoms with Gasteiger partial charge in [-0.3, -0.25) is 0 Å². The zero-order valence-corrected chi connectivity index (χ0v) is 13.8. The van der Waals surface area contributed by atoms with Gasteiger partial charge >= 0.3 is 0 Å². The monoisotopic (exact) mass is 299 g/mol. The first-order valence-electron chi connectivity index (χ1n) is 6.61. The molecule has 1 aromatic carbocycles. The van der Waals surface area contributed by atoms with Gasteiger partial charge in [0.1, 0.15) is 0 Å². The van der Waals surface area contributed by atoms with Crippen LogP contribution < -0.4 is 5.73 Å². The van der Waals surface area contributed by atoms with E-state index in [0.717, 1.165) is 16.7 Å². The maximum Gasteiger partial charge on any atom is 0.243 e. The van der Waals surface area contributed by atoms with Crippen LogP contribution in [0.25, 0.3) is 0 Å². The minimum atomic E-state index is -3.47. The van der Waals surface area contributed by atoms with Gasteiger partial charge in [-0.1, -0.05) is 6.07 Å². The second kappa shape index (κ2) is 6.67. The summed E-state index contributed by atoms with van der Waals surface area (Å²) in [5, 5.41) is 0. The summed E-state index contributed by atoms with van der Waals surface area (Å²) < 4.78 is 26.7. The first-order chi connectivity index (χ1) is 9.20. The molecule has 0 fully saturated rings. The lowest BCUT2D eigenvalue weighted by molar-refractivity contribution is 0.358. The second-order valence-electron chi connectivity index (χ2n) is 5.37. The van der Waals surface area contributed by atoms with Gasteiger partial charge in [0.25, 0.3) is 0 Å². The zero-order valence-electron chi connectivity index (χ0n) is 13.0. The molecule has 0 radical (unpaired) electrons. The predicted octanol–water partition coefficient (Wildman–Crippen LogP) is 0.944. The van der Waals surface area contributed by atoms with Gasteiger partial charge in [0.05, 0.1) is 4.90 Å². The summed E-state index contributed by atoms with van der Waals surface area (Å²) in [7, 11) is 1.99. The van der Waals surface area contributed by atoms with Crippen LogP contribution in [0.15, 0.2) is 17.0 Å². The van der Waals surface area contributed by atoms with Crippen LogP contribution in [0.2, 0.25) is 0 Å². The fourth-order valence-corrected chi connectivity index (χ4v) is 3.42. The van der Waals surface area contributed by atoms with Gasteiger partial charge in [0.15, 0.2) is 0 Å². The van der Waals surface area contributed by atoms with Gasteiger partial charge < -0.3 is 10.6 Å². The Hall–Kier alpha value is -0.950. The van der Waals surface area contributed by atoms with E-state index in [1.807, 2.05) is 38.9 Å². The molecule has 0 aromatic heterocycles. The number of rotatable bonds is 6. The lowest BCUT2D eigenvalue weighted by Gasteiger charge is -2.21. The summed E-state index contributed by atoms with van der Waals surface area (Å²) in [4.78, 5) is 2.32. The number of aryl methyl sites for hydroxylation is 1. The van der Waals surface area contributed by atoms with Crippen molar-refractivity contribution in [1.82, 2.24) is 9.21 Å². The number of likely N-dealkylation sites (N-methyl/N-ethyl adjacent to an activating group) is 2. The van der Waals surface area contributed by atoms with E-state index in [4.69, 9.17) is 5.73 Å². The number of nitrogens with two attached hydrogens (primary N) is 1. The Morgan fingerprint density at radius 2 is 1.70 bits per heavy atom. The van der Waals surface area contributed by atoms with Gasteiger partial charge in [0.2, 0.25) is 10.0 Å². The largest absolute Gasteiger partial charge is 0.326 e. The molecule has 0 spiro atoms. The molecule has 5 nitrogen and oxygen atoms in total. The number of sulfonamides is 1. The summed E-state index contributed by atoms with van der Waals surface area (Å²) >= 11 is 0. The number of benzene rings is 1. The van der Waals surface area contributed by atoms with Gasteiger partial charge in [-0.25, -0.2) is 8.42 Å². The van der Waals surface area contributed by atoms with Crippen LogP contribution in [0.3, 0.4) is 0 Å². The third-order valence-corrected chi connectivity index (χ3v) is 5.45. The lowest BCUT2D eigenvalue weighted by atomic mass is 10.1. The number of hydrogen-bond donors (Lipinski definition) is 1. The molecular weight excluding hydrogens is 274 g/mol. The average Bonchev–Trinajstić information content (AvgIpc) is 2.38. The Morgan fingerprint density at radius 1 is 1.10 bits per heavy atom. The molecule has 6 heteroatoms. The molecule has 0 bridgehead atoms. The quantitative estimate of drug-likeness (QED) is 0.849. The SMILES string of the molecule is Cc1cc(CN)cc(S(=O)(=O)N(C)CCN(C)C)c1C. The zero-order chi connectivity index (χ0) is 15.5. The smallest absolute Gasteiger partial charge is 0.243 e. The molecule has 114 valence electrons.